The van der Waals surface area contributed by atoms with Gasteiger partial charge in [0, 0.05) is 122 Å². The van der Waals surface area contributed by atoms with Gasteiger partial charge in [-0.3, -0.25) is 9.59 Å². The summed E-state index contributed by atoms with van der Waals surface area (Å²) in [7, 11) is 1.88. The molecule has 3 aromatic carbocycles. The van der Waals surface area contributed by atoms with Crippen molar-refractivity contribution < 1.29 is 14.0 Å². The Morgan fingerprint density at radius 1 is 0.843 bits per heavy atom. The Balaban J connectivity index is 0.761. The number of nitrogens with one attached hydrogen (secondary N) is 2. The molecule has 14 heteroatoms. The Morgan fingerprint density at radius 2 is 1.55 bits per heavy atom. The Kier molecular flexibility index (Phi) is 16.5. The van der Waals surface area contributed by atoms with Crippen molar-refractivity contribution in [3.05, 3.63) is 151 Å². The van der Waals surface area contributed by atoms with E-state index >= 15 is 9.18 Å². The number of allylic oxidation sites excluding steroid dienone is 2. The molecule has 2 amide bonds. The lowest BCUT2D eigenvalue weighted by Gasteiger charge is -2.48. The highest BCUT2D eigenvalue weighted by Gasteiger charge is 2.56. The number of piperidine rings is 3. The molecule has 13 nitrogen and oxygen atoms in total. The zero-order chi connectivity index (χ0) is 58.4. The van der Waals surface area contributed by atoms with Crippen LogP contribution in [0.5, 0.6) is 0 Å². The largest absolute Gasteiger partial charge is 0.375 e. The average Bonchev–Trinajstić information content (AvgIpc) is 2.08. The molecule has 438 valence electrons. The molecule has 11 rings (SSSR count). The van der Waals surface area contributed by atoms with Crippen molar-refractivity contribution in [3.63, 3.8) is 0 Å². The van der Waals surface area contributed by atoms with Crippen LogP contribution >= 0.6 is 0 Å². The number of pyridine rings is 1. The second kappa shape index (κ2) is 23.8. The van der Waals surface area contributed by atoms with Gasteiger partial charge in [0.2, 0.25) is 5.91 Å². The molecule has 83 heavy (non-hydrogen) atoms. The summed E-state index contributed by atoms with van der Waals surface area (Å²) in [4.78, 5) is 53.7. The number of benzene rings is 3. The van der Waals surface area contributed by atoms with Crippen LogP contribution in [0.3, 0.4) is 0 Å². The van der Waals surface area contributed by atoms with Crippen molar-refractivity contribution in [3.8, 4) is 11.3 Å². The molecule has 2 N–H and O–H groups in total. The fourth-order valence-corrected chi connectivity index (χ4v) is 14.4. The summed E-state index contributed by atoms with van der Waals surface area (Å²) in [5, 5.41) is 6.45. The first-order valence-electron chi connectivity index (χ1n) is 30.8. The molecule has 2 aromatic heterocycles. The monoisotopic (exact) mass is 1120 g/mol. The highest BCUT2D eigenvalue weighted by molar-refractivity contribution is 6.09. The minimum absolute atomic E-state index is 0.00479. The molecule has 1 aliphatic carbocycles. The van der Waals surface area contributed by atoms with Crippen molar-refractivity contribution in [2.24, 2.45) is 11.8 Å². The Labute approximate surface area is 492 Å². The van der Waals surface area contributed by atoms with Gasteiger partial charge in [-0.25, -0.2) is 14.4 Å². The van der Waals surface area contributed by atoms with E-state index in [2.05, 4.69) is 111 Å². The van der Waals surface area contributed by atoms with Crippen LogP contribution in [0.4, 0.5) is 27.3 Å². The van der Waals surface area contributed by atoms with Gasteiger partial charge in [0.25, 0.3) is 5.91 Å². The zero-order valence-electron chi connectivity index (χ0n) is 50.3. The number of rotatable bonds is 19. The molecule has 6 aliphatic rings. The van der Waals surface area contributed by atoms with Gasteiger partial charge in [-0.1, -0.05) is 63.6 Å². The Bertz CT molecular complexity index is 3330. The van der Waals surface area contributed by atoms with Crippen LogP contribution in [-0.4, -0.2) is 123 Å². The first-order chi connectivity index (χ1) is 40.0. The summed E-state index contributed by atoms with van der Waals surface area (Å²) in [6.07, 6.45) is 17.1. The van der Waals surface area contributed by atoms with E-state index in [0.29, 0.717) is 34.9 Å². The minimum atomic E-state index is -0.619. The third-order valence-electron chi connectivity index (χ3n) is 20.1. The fourth-order valence-electron chi connectivity index (χ4n) is 14.4. The molecule has 4 saturated heterocycles. The third-order valence-corrected chi connectivity index (χ3v) is 20.1. The van der Waals surface area contributed by atoms with E-state index in [9.17, 15) is 4.79 Å². The predicted octanol–water partition coefficient (Wildman–Crippen LogP) is 13.3. The predicted molar refractivity (Wildman–Crippen MR) is 337 cm³/mol. The van der Waals surface area contributed by atoms with Crippen molar-refractivity contribution in [1.82, 2.24) is 39.5 Å². The van der Waals surface area contributed by atoms with Gasteiger partial charge in [0.1, 0.15) is 11.3 Å². The van der Waals surface area contributed by atoms with Gasteiger partial charge in [-0.15, -0.1) is 0 Å². The molecular formula is C69H88FN11O2. The molecular weight excluding hydrogens is 1030 g/mol. The second-order valence-corrected chi connectivity index (χ2v) is 25.3. The smallest absolute Gasteiger partial charge is 0.254 e. The number of aryl methyl sites for hydroxylation is 2. The summed E-state index contributed by atoms with van der Waals surface area (Å²) in [6.45, 7) is 39.1. The lowest BCUT2D eigenvalue weighted by Crippen LogP contribution is -2.58. The summed E-state index contributed by atoms with van der Waals surface area (Å²) >= 11 is 0. The van der Waals surface area contributed by atoms with E-state index < -0.39 is 5.41 Å². The minimum Gasteiger partial charge on any atom is -0.375 e. The number of imidazole rings is 1. The number of fused-ring (bicyclic) bond motifs is 3. The number of carbonyl (C=O) groups excluding carboxylic acids is 2. The molecule has 2 atom stereocenters. The maximum atomic E-state index is 15.6. The highest BCUT2D eigenvalue weighted by atomic mass is 19.1. The van der Waals surface area contributed by atoms with Gasteiger partial charge < -0.3 is 44.6 Å². The average molecular weight is 1120 g/mol. The molecule has 5 aromatic rings. The maximum Gasteiger partial charge on any atom is 0.254 e. The Hall–Kier alpha value is -7.19. The van der Waals surface area contributed by atoms with E-state index in [0.717, 1.165) is 172 Å². The zero-order valence-corrected chi connectivity index (χ0v) is 50.3. The van der Waals surface area contributed by atoms with E-state index in [1.807, 2.05) is 50.3 Å². The van der Waals surface area contributed by atoms with E-state index in [1.54, 1.807) is 18.3 Å². The van der Waals surface area contributed by atoms with E-state index in [1.165, 1.54) is 30.7 Å². The highest BCUT2D eigenvalue weighted by Crippen LogP contribution is 2.53. The van der Waals surface area contributed by atoms with Crippen LogP contribution in [0, 0.1) is 31.5 Å². The van der Waals surface area contributed by atoms with Gasteiger partial charge >= 0.3 is 0 Å². The number of hydrogen-bond donors (Lipinski definition) is 2. The number of halogens is 1. The molecule has 0 bridgehead atoms. The molecule has 7 heterocycles. The van der Waals surface area contributed by atoms with Crippen molar-refractivity contribution in [2.75, 3.05) is 74.5 Å². The summed E-state index contributed by atoms with van der Waals surface area (Å²) in [6, 6.07) is 19.0. The fraction of sp³-hybridized carbons (Fsp3) is 0.478. The first-order valence-corrected chi connectivity index (χ1v) is 30.8. The summed E-state index contributed by atoms with van der Waals surface area (Å²) in [5.74, 6) is 1.16. The molecule has 2 unspecified atom stereocenters. The normalized spacial score (nSPS) is 21.3. The number of nitrogens with zero attached hydrogens (tertiary/aromatic N) is 9. The molecule has 0 radical (unpaired) electrons. The van der Waals surface area contributed by atoms with Crippen LogP contribution in [0.15, 0.2) is 117 Å². The number of amides is 2. The van der Waals surface area contributed by atoms with Gasteiger partial charge in [-0.05, 0) is 183 Å². The van der Waals surface area contributed by atoms with E-state index in [-0.39, 0.29) is 35.8 Å². The van der Waals surface area contributed by atoms with E-state index in [4.69, 9.17) is 23.1 Å². The van der Waals surface area contributed by atoms with Gasteiger partial charge in [0.15, 0.2) is 5.82 Å². The first kappa shape index (κ1) is 57.6. The van der Waals surface area contributed by atoms with Crippen LogP contribution in [-0.2, 0) is 10.2 Å². The van der Waals surface area contributed by atoms with Crippen molar-refractivity contribution >= 4 is 51.8 Å². The summed E-state index contributed by atoms with van der Waals surface area (Å²) in [5.41, 5.74) is 12.9. The van der Waals surface area contributed by atoms with Gasteiger partial charge in [0.05, 0.1) is 28.6 Å². The number of aromatic nitrogens is 3. The molecule has 5 aliphatic heterocycles. The van der Waals surface area contributed by atoms with Crippen molar-refractivity contribution in [2.45, 2.75) is 141 Å². The second-order valence-electron chi connectivity index (χ2n) is 25.3. The maximum absolute atomic E-state index is 15.6. The van der Waals surface area contributed by atoms with Crippen molar-refractivity contribution in [1.29, 1.82) is 0 Å². The van der Waals surface area contributed by atoms with Crippen LogP contribution in [0.1, 0.15) is 136 Å². The number of likely N-dealkylation sites (tertiary alicyclic amines) is 3. The molecule has 1 saturated carbocycles. The Morgan fingerprint density at radius 3 is 2.27 bits per heavy atom. The quantitative estimate of drug-likeness (QED) is 0.0830. The topological polar surface area (TPSA) is 108 Å². The number of hydrogen-bond acceptors (Lipinski definition) is 10. The summed E-state index contributed by atoms with van der Waals surface area (Å²) < 4.78 is 17.7. The molecule has 1 spiro atoms. The number of anilines is 4. The lowest BCUT2D eigenvalue weighted by atomic mass is 9.73. The lowest BCUT2D eigenvalue weighted by molar-refractivity contribution is -0.125. The SMILES string of the molecule is C=CNC(=C)CCC(C)N(C)C(=O)c1cc(N2CCC(C(=C)N3CCC(C(=C)N4CCC5(CC4)C(=O)N(C4CC(N6CCCCC6)C4)c4cc(-c6cc7ncn(C(C)C)c7c(Nc7cc(C)c(C)cc7F)n6)ccc45)C3)CC2)ccc1C=C. The van der Waals surface area contributed by atoms with Crippen LogP contribution in [0.25, 0.3) is 28.4 Å². The third kappa shape index (κ3) is 11.1. The number of carbonyl (C=O) groups is 2. The van der Waals surface area contributed by atoms with Crippen LogP contribution in [0.2, 0.25) is 0 Å². The molecule has 5 fully saturated rings. The van der Waals surface area contributed by atoms with Gasteiger partial charge in [-0.2, -0.15) is 0 Å². The standard InChI is InChI=1S/C69H88FN11O2/c1-12-51-19-21-55(40-58(51)67(82)75(11)48(8)18-17-47(7)71-13-2)78-30-23-52(24-31-78)49(9)79-32-25-54(42-79)50(10)76-33-26-69(27-34-76)59-22-20-53(37-64(59)81(68(69)83)57-38-56(39-57)77-28-15-14-16-29-77)61-41-63-65(80(43-72-63)44(3)4)66(73-61)74-62-36-46(6)45(5)35-60(62)70/h12-13,19-22,35-37,40-41,43-44,48,52,54,56-57,71H,1-2,7,9-10,14-18,23-34,38-39,42H2,3-6,8,11H3,(H,73,74). The van der Waals surface area contributed by atoms with Crippen LogP contribution < -0.4 is 20.4 Å².